The molecule has 4 nitrogen and oxygen atoms in total. The van der Waals surface area contributed by atoms with Gasteiger partial charge in [-0.15, -0.1) is 11.3 Å². The fourth-order valence-electron chi connectivity index (χ4n) is 2.69. The summed E-state index contributed by atoms with van der Waals surface area (Å²) in [4.78, 5) is 11.4. The maximum absolute atomic E-state index is 9.00. The highest BCUT2D eigenvalue weighted by Gasteiger charge is 2.22. The Kier molecular flexibility index (Phi) is 4.40. The monoisotopic (exact) mass is 289 g/mol. The van der Waals surface area contributed by atoms with Gasteiger partial charge in [0, 0.05) is 31.3 Å². The van der Waals surface area contributed by atoms with Crippen molar-refractivity contribution in [2.75, 3.05) is 19.7 Å². The zero-order valence-electron chi connectivity index (χ0n) is 11.4. The van der Waals surface area contributed by atoms with Crippen LogP contribution in [-0.4, -0.2) is 39.7 Å². The quantitative estimate of drug-likeness (QED) is 0.918. The molecule has 0 aliphatic carbocycles. The van der Waals surface area contributed by atoms with Crippen molar-refractivity contribution in [2.24, 2.45) is 5.92 Å². The fourth-order valence-corrected chi connectivity index (χ4v) is 3.48. The summed E-state index contributed by atoms with van der Waals surface area (Å²) in [5, 5.41) is 12.1. The van der Waals surface area contributed by atoms with Gasteiger partial charge in [-0.25, -0.2) is 4.98 Å². The Morgan fingerprint density at radius 3 is 3.15 bits per heavy atom. The molecule has 1 aliphatic heterocycles. The normalized spacial score (nSPS) is 19.6. The van der Waals surface area contributed by atoms with Crippen molar-refractivity contribution < 1.29 is 5.11 Å². The van der Waals surface area contributed by atoms with Crippen molar-refractivity contribution in [3.8, 4) is 10.7 Å². The van der Waals surface area contributed by atoms with Crippen molar-refractivity contribution in [3.05, 3.63) is 35.5 Å². The van der Waals surface area contributed by atoms with Gasteiger partial charge in [0.2, 0.25) is 0 Å². The first-order valence-electron chi connectivity index (χ1n) is 7.04. The molecule has 1 fully saturated rings. The first-order valence-corrected chi connectivity index (χ1v) is 7.92. The Labute approximate surface area is 123 Å². The van der Waals surface area contributed by atoms with E-state index in [0.29, 0.717) is 12.5 Å². The Morgan fingerprint density at radius 2 is 2.35 bits per heavy atom. The van der Waals surface area contributed by atoms with Gasteiger partial charge in [-0.2, -0.15) is 0 Å². The van der Waals surface area contributed by atoms with Crippen LogP contribution in [0.25, 0.3) is 10.7 Å². The Morgan fingerprint density at radius 1 is 1.40 bits per heavy atom. The molecule has 0 aromatic carbocycles. The topological polar surface area (TPSA) is 49.2 Å². The number of hydrogen-bond acceptors (Lipinski definition) is 5. The van der Waals surface area contributed by atoms with Gasteiger partial charge in [-0.1, -0.05) is 6.07 Å². The lowest BCUT2D eigenvalue weighted by Crippen LogP contribution is -2.20. The molecule has 5 heteroatoms. The van der Waals surface area contributed by atoms with E-state index in [1.807, 2.05) is 18.2 Å². The van der Waals surface area contributed by atoms with Gasteiger partial charge in [-0.05, 0) is 37.4 Å². The predicted octanol–water partition coefficient (Wildman–Crippen LogP) is 2.41. The smallest absolute Gasteiger partial charge is 0.142 e. The van der Waals surface area contributed by atoms with Crippen LogP contribution >= 0.6 is 11.3 Å². The lowest BCUT2D eigenvalue weighted by molar-refractivity contribution is 0.249. The summed E-state index contributed by atoms with van der Waals surface area (Å²) in [5.41, 5.74) is 2.07. The maximum Gasteiger partial charge on any atom is 0.142 e. The van der Waals surface area contributed by atoms with Crippen molar-refractivity contribution in [1.29, 1.82) is 0 Å². The highest BCUT2D eigenvalue weighted by atomic mass is 32.1. The summed E-state index contributed by atoms with van der Waals surface area (Å²) < 4.78 is 0. The van der Waals surface area contributed by atoms with E-state index in [1.165, 1.54) is 6.42 Å². The Balaban J connectivity index is 1.61. The molecular weight excluding hydrogens is 270 g/mol. The van der Waals surface area contributed by atoms with Crippen molar-refractivity contribution in [2.45, 2.75) is 19.4 Å². The number of aliphatic hydroxyl groups is 1. The molecule has 3 heterocycles. The van der Waals surface area contributed by atoms with Crippen molar-refractivity contribution >= 4 is 11.3 Å². The second kappa shape index (κ2) is 6.43. The largest absolute Gasteiger partial charge is 0.396 e. The van der Waals surface area contributed by atoms with Gasteiger partial charge in [0.15, 0.2) is 0 Å². The van der Waals surface area contributed by atoms with Crippen molar-refractivity contribution in [1.82, 2.24) is 14.9 Å². The van der Waals surface area contributed by atoms with Gasteiger partial charge in [0.1, 0.15) is 5.01 Å². The highest BCUT2D eigenvalue weighted by molar-refractivity contribution is 7.13. The third kappa shape index (κ3) is 3.23. The summed E-state index contributed by atoms with van der Waals surface area (Å²) in [7, 11) is 0. The number of aliphatic hydroxyl groups excluding tert-OH is 1. The average molecular weight is 289 g/mol. The van der Waals surface area contributed by atoms with Gasteiger partial charge < -0.3 is 5.11 Å². The molecule has 1 saturated heterocycles. The van der Waals surface area contributed by atoms with Crippen LogP contribution in [0.2, 0.25) is 0 Å². The molecule has 3 rings (SSSR count). The predicted molar refractivity (Wildman–Crippen MR) is 80.4 cm³/mol. The first kappa shape index (κ1) is 13.7. The summed E-state index contributed by atoms with van der Waals surface area (Å²) in [5.74, 6) is 0.647. The molecule has 1 atom stereocenters. The standard InChI is InChI=1S/C15H19N3OS/c19-8-5-12-4-7-18(9-12)10-13-11-20-15(17-13)14-3-1-2-6-16-14/h1-3,6,11-12,19H,4-5,7-10H2. The van der Waals surface area contributed by atoms with Gasteiger partial charge >= 0.3 is 0 Å². The minimum absolute atomic E-state index is 0.305. The van der Waals surface area contributed by atoms with Crippen LogP contribution in [0.4, 0.5) is 0 Å². The van der Waals surface area contributed by atoms with Gasteiger partial charge in [-0.3, -0.25) is 9.88 Å². The molecule has 2 aromatic rings. The SMILES string of the molecule is OCCC1CCN(Cc2csc(-c3ccccn3)n2)C1. The molecule has 0 bridgehead atoms. The number of rotatable bonds is 5. The molecule has 1 unspecified atom stereocenters. The molecule has 0 spiro atoms. The van der Waals surface area contributed by atoms with E-state index in [-0.39, 0.29) is 0 Å². The van der Waals surface area contributed by atoms with Crippen LogP contribution in [0.15, 0.2) is 29.8 Å². The van der Waals surface area contributed by atoms with Crippen molar-refractivity contribution in [3.63, 3.8) is 0 Å². The molecule has 20 heavy (non-hydrogen) atoms. The van der Waals surface area contributed by atoms with E-state index in [4.69, 9.17) is 5.11 Å². The Hall–Kier alpha value is -1.30. The molecular formula is C15H19N3OS. The molecule has 0 radical (unpaired) electrons. The molecule has 1 N–H and O–H groups in total. The van der Waals surface area contributed by atoms with E-state index in [0.717, 1.165) is 42.5 Å². The number of aromatic nitrogens is 2. The Bertz CT molecular complexity index is 543. The second-order valence-electron chi connectivity index (χ2n) is 5.26. The summed E-state index contributed by atoms with van der Waals surface area (Å²) in [6.07, 6.45) is 3.92. The molecule has 1 aliphatic rings. The van der Waals surface area contributed by atoms with Crippen LogP contribution in [0, 0.1) is 5.92 Å². The minimum Gasteiger partial charge on any atom is -0.396 e. The van der Waals surface area contributed by atoms with E-state index >= 15 is 0 Å². The van der Waals surface area contributed by atoms with E-state index in [9.17, 15) is 0 Å². The van der Waals surface area contributed by atoms with Crippen LogP contribution in [0.1, 0.15) is 18.5 Å². The number of nitrogens with zero attached hydrogens (tertiary/aromatic N) is 3. The second-order valence-corrected chi connectivity index (χ2v) is 6.12. The number of hydrogen-bond donors (Lipinski definition) is 1. The minimum atomic E-state index is 0.305. The molecule has 2 aromatic heterocycles. The van der Waals surface area contributed by atoms with Crippen LogP contribution in [0.3, 0.4) is 0 Å². The van der Waals surface area contributed by atoms with E-state index < -0.39 is 0 Å². The van der Waals surface area contributed by atoms with E-state index in [1.54, 1.807) is 17.5 Å². The highest BCUT2D eigenvalue weighted by Crippen LogP contribution is 2.24. The van der Waals surface area contributed by atoms with Crippen LogP contribution in [-0.2, 0) is 6.54 Å². The van der Waals surface area contributed by atoms with Gasteiger partial charge in [0.05, 0.1) is 11.4 Å². The zero-order valence-corrected chi connectivity index (χ0v) is 12.2. The van der Waals surface area contributed by atoms with Gasteiger partial charge in [0.25, 0.3) is 0 Å². The average Bonchev–Trinajstić information content (AvgIpc) is 3.11. The lowest BCUT2D eigenvalue weighted by Gasteiger charge is -2.13. The van der Waals surface area contributed by atoms with Crippen LogP contribution < -0.4 is 0 Å². The third-order valence-corrected chi connectivity index (χ3v) is 4.64. The molecule has 0 amide bonds. The lowest BCUT2D eigenvalue weighted by atomic mass is 10.1. The van der Waals surface area contributed by atoms with Crippen LogP contribution in [0.5, 0.6) is 0 Å². The summed E-state index contributed by atoms with van der Waals surface area (Å²) >= 11 is 1.66. The maximum atomic E-state index is 9.00. The third-order valence-electron chi connectivity index (χ3n) is 3.73. The molecule has 0 saturated carbocycles. The summed E-state index contributed by atoms with van der Waals surface area (Å²) in [6, 6.07) is 5.91. The number of likely N-dealkylation sites (tertiary alicyclic amines) is 1. The molecule has 106 valence electrons. The number of pyridine rings is 1. The first-order chi connectivity index (χ1) is 9.85. The van der Waals surface area contributed by atoms with E-state index in [2.05, 4.69) is 20.2 Å². The fraction of sp³-hybridized carbons (Fsp3) is 0.467. The zero-order chi connectivity index (χ0) is 13.8. The summed E-state index contributed by atoms with van der Waals surface area (Å²) in [6.45, 7) is 3.41. The number of thiazole rings is 1.